The van der Waals surface area contributed by atoms with E-state index < -0.39 is 11.9 Å². The van der Waals surface area contributed by atoms with Crippen LogP contribution in [-0.4, -0.2) is 84.3 Å². The second-order valence-corrected chi connectivity index (χ2v) is 7.69. The Morgan fingerprint density at radius 2 is 1.29 bits per heavy atom. The summed E-state index contributed by atoms with van der Waals surface area (Å²) in [5.74, 6) is -2.26. The van der Waals surface area contributed by atoms with Crippen LogP contribution in [0.4, 0.5) is 0 Å². The molecule has 31 heavy (non-hydrogen) atoms. The lowest BCUT2D eigenvalue weighted by molar-refractivity contribution is -0.159. The Morgan fingerprint density at radius 3 is 1.71 bits per heavy atom. The number of hydrogen-bond donors (Lipinski definition) is 2. The van der Waals surface area contributed by atoms with E-state index in [0.29, 0.717) is 23.1 Å². The van der Waals surface area contributed by atoms with Crippen LogP contribution >= 0.6 is 0 Å². The van der Waals surface area contributed by atoms with Crippen molar-refractivity contribution in [1.29, 1.82) is 0 Å². The van der Waals surface area contributed by atoms with E-state index in [-0.39, 0.29) is 5.91 Å². The molecule has 2 aliphatic rings. The molecule has 9 heteroatoms. The van der Waals surface area contributed by atoms with Gasteiger partial charge in [-0.05, 0) is 50.9 Å². The van der Waals surface area contributed by atoms with Gasteiger partial charge >= 0.3 is 11.9 Å². The molecule has 2 heterocycles. The van der Waals surface area contributed by atoms with E-state index in [1.807, 2.05) is 4.90 Å². The van der Waals surface area contributed by atoms with Crippen LogP contribution < -0.4 is 9.47 Å². The van der Waals surface area contributed by atoms with Gasteiger partial charge in [0, 0.05) is 30.8 Å². The van der Waals surface area contributed by atoms with Crippen LogP contribution in [0.3, 0.4) is 0 Å². The van der Waals surface area contributed by atoms with Crippen LogP contribution in [0.2, 0.25) is 0 Å². The third-order valence-corrected chi connectivity index (χ3v) is 5.69. The van der Waals surface area contributed by atoms with Gasteiger partial charge in [0.1, 0.15) is 11.5 Å². The van der Waals surface area contributed by atoms with Crippen molar-refractivity contribution in [2.24, 2.45) is 0 Å². The maximum atomic E-state index is 12.9. The molecule has 0 saturated carbocycles. The minimum absolute atomic E-state index is 0.0755. The van der Waals surface area contributed by atoms with Crippen LogP contribution in [0.1, 0.15) is 48.9 Å². The van der Waals surface area contributed by atoms with Gasteiger partial charge in [-0.25, -0.2) is 9.59 Å². The van der Waals surface area contributed by atoms with Crippen LogP contribution in [-0.2, 0) is 9.59 Å². The Kier molecular flexibility index (Phi) is 9.58. The summed E-state index contributed by atoms with van der Waals surface area (Å²) in [6, 6.07) is 6.03. The fourth-order valence-electron chi connectivity index (χ4n) is 4.01. The Morgan fingerprint density at radius 1 is 0.806 bits per heavy atom. The van der Waals surface area contributed by atoms with Gasteiger partial charge in [-0.15, -0.1) is 0 Å². The summed E-state index contributed by atoms with van der Waals surface area (Å²) in [6.07, 6.45) is 7.53. The summed E-state index contributed by atoms with van der Waals surface area (Å²) in [7, 11) is 3.21. The molecule has 172 valence electrons. The molecular weight excluding hydrogens is 404 g/mol. The number of likely N-dealkylation sites (tertiary alicyclic amines) is 2. The van der Waals surface area contributed by atoms with Crippen molar-refractivity contribution in [3.63, 3.8) is 0 Å². The van der Waals surface area contributed by atoms with E-state index >= 15 is 0 Å². The molecule has 2 fully saturated rings. The SMILES string of the molecule is COc1cc(OC)cc(C(=O)N2CCC(N3CCCCCC3)CC2)c1.O=C(O)C(=O)O. The first kappa shape index (κ1) is 24.5. The van der Waals surface area contributed by atoms with Crippen LogP contribution in [0.25, 0.3) is 0 Å². The zero-order valence-corrected chi connectivity index (χ0v) is 18.2. The zero-order chi connectivity index (χ0) is 22.8. The lowest BCUT2D eigenvalue weighted by Gasteiger charge is -2.38. The number of carboxylic acid groups (broad SMARTS) is 2. The smallest absolute Gasteiger partial charge is 0.414 e. The summed E-state index contributed by atoms with van der Waals surface area (Å²) < 4.78 is 10.6. The minimum atomic E-state index is -1.82. The minimum Gasteiger partial charge on any atom is -0.497 e. The first-order valence-electron chi connectivity index (χ1n) is 10.6. The highest BCUT2D eigenvalue weighted by Crippen LogP contribution is 2.26. The number of carboxylic acids is 2. The van der Waals surface area contributed by atoms with Gasteiger partial charge in [0.2, 0.25) is 0 Å². The van der Waals surface area contributed by atoms with Crippen molar-refractivity contribution in [2.75, 3.05) is 40.4 Å². The van der Waals surface area contributed by atoms with Crippen LogP contribution in [0, 0.1) is 0 Å². The van der Waals surface area contributed by atoms with Gasteiger partial charge in [-0.3, -0.25) is 4.79 Å². The lowest BCUT2D eigenvalue weighted by Crippen LogP contribution is -2.47. The molecule has 0 bridgehead atoms. The van der Waals surface area contributed by atoms with Crippen molar-refractivity contribution >= 4 is 17.8 Å². The van der Waals surface area contributed by atoms with E-state index in [1.165, 1.54) is 38.8 Å². The molecule has 0 aromatic heterocycles. The molecule has 1 amide bonds. The van der Waals surface area contributed by atoms with E-state index in [1.54, 1.807) is 32.4 Å². The van der Waals surface area contributed by atoms with Gasteiger partial charge < -0.3 is 29.5 Å². The number of aliphatic carboxylic acids is 2. The number of amides is 1. The van der Waals surface area contributed by atoms with Gasteiger partial charge in [0.05, 0.1) is 14.2 Å². The van der Waals surface area contributed by atoms with E-state index in [0.717, 1.165) is 25.9 Å². The third kappa shape index (κ3) is 7.43. The third-order valence-electron chi connectivity index (χ3n) is 5.69. The van der Waals surface area contributed by atoms with Crippen molar-refractivity contribution in [3.8, 4) is 11.5 Å². The maximum Gasteiger partial charge on any atom is 0.414 e. The number of nitrogens with zero attached hydrogens (tertiary/aromatic N) is 2. The second kappa shape index (κ2) is 12.1. The van der Waals surface area contributed by atoms with Gasteiger partial charge in [0.15, 0.2) is 0 Å². The average Bonchev–Trinajstić information content (AvgIpc) is 3.08. The predicted molar refractivity (Wildman–Crippen MR) is 114 cm³/mol. The molecule has 0 aliphatic carbocycles. The Balaban J connectivity index is 0.000000501. The van der Waals surface area contributed by atoms with E-state index in [2.05, 4.69) is 4.90 Å². The molecule has 1 aromatic rings. The zero-order valence-electron chi connectivity index (χ0n) is 18.2. The summed E-state index contributed by atoms with van der Waals surface area (Å²) in [6.45, 7) is 4.12. The monoisotopic (exact) mass is 436 g/mol. The molecule has 1 aromatic carbocycles. The predicted octanol–water partition coefficient (Wildman–Crippen LogP) is 2.34. The summed E-state index contributed by atoms with van der Waals surface area (Å²) in [5.41, 5.74) is 0.643. The highest BCUT2D eigenvalue weighted by Gasteiger charge is 2.28. The fourth-order valence-corrected chi connectivity index (χ4v) is 4.01. The number of carbonyl (C=O) groups excluding carboxylic acids is 1. The van der Waals surface area contributed by atoms with Gasteiger partial charge in [0.25, 0.3) is 5.91 Å². The molecule has 9 nitrogen and oxygen atoms in total. The molecule has 0 atom stereocenters. The van der Waals surface area contributed by atoms with Crippen molar-refractivity contribution < 1.29 is 34.1 Å². The average molecular weight is 437 g/mol. The van der Waals surface area contributed by atoms with E-state index in [4.69, 9.17) is 29.3 Å². The Hall–Kier alpha value is -2.81. The standard InChI is InChI=1S/C20H30N2O3.C2H2O4/c1-24-18-13-16(14-19(15-18)25-2)20(23)22-11-7-17(8-12-22)21-9-5-3-4-6-10-21;3-1(4)2(5)6/h13-15,17H,3-12H2,1-2H3;(H,3,4)(H,5,6). The summed E-state index contributed by atoms with van der Waals surface area (Å²) in [4.78, 5) is 35.7. The Bertz CT molecular complexity index is 718. The highest BCUT2D eigenvalue weighted by atomic mass is 16.5. The van der Waals surface area contributed by atoms with Crippen LogP contribution in [0.15, 0.2) is 18.2 Å². The number of carbonyl (C=O) groups is 3. The second-order valence-electron chi connectivity index (χ2n) is 7.69. The molecule has 3 rings (SSSR count). The molecule has 2 N–H and O–H groups in total. The van der Waals surface area contributed by atoms with Crippen molar-refractivity contribution in [3.05, 3.63) is 23.8 Å². The number of ether oxygens (including phenoxy) is 2. The molecule has 2 aliphatic heterocycles. The molecular formula is C22H32N2O7. The largest absolute Gasteiger partial charge is 0.497 e. The molecule has 0 unspecified atom stereocenters. The number of rotatable bonds is 4. The molecule has 0 spiro atoms. The summed E-state index contributed by atoms with van der Waals surface area (Å²) in [5, 5.41) is 14.8. The Labute approximate surface area is 182 Å². The number of hydrogen-bond acceptors (Lipinski definition) is 6. The first-order valence-corrected chi connectivity index (χ1v) is 10.6. The van der Waals surface area contributed by atoms with E-state index in [9.17, 15) is 4.79 Å². The first-order chi connectivity index (χ1) is 14.8. The number of piperidine rings is 1. The normalized spacial score (nSPS) is 17.7. The summed E-state index contributed by atoms with van der Waals surface area (Å²) >= 11 is 0. The molecule has 2 saturated heterocycles. The maximum absolute atomic E-state index is 12.9. The van der Waals surface area contributed by atoms with Crippen molar-refractivity contribution in [2.45, 2.75) is 44.6 Å². The highest BCUT2D eigenvalue weighted by molar-refractivity contribution is 6.27. The quantitative estimate of drug-likeness (QED) is 0.691. The van der Waals surface area contributed by atoms with Crippen molar-refractivity contribution in [1.82, 2.24) is 9.80 Å². The lowest BCUT2D eigenvalue weighted by atomic mass is 10.0. The number of methoxy groups -OCH3 is 2. The topological polar surface area (TPSA) is 117 Å². The number of benzene rings is 1. The van der Waals surface area contributed by atoms with Crippen LogP contribution in [0.5, 0.6) is 11.5 Å². The van der Waals surface area contributed by atoms with Gasteiger partial charge in [-0.1, -0.05) is 12.8 Å². The molecule has 0 radical (unpaired) electrons. The fraction of sp³-hybridized carbons (Fsp3) is 0.591. The van der Waals surface area contributed by atoms with Gasteiger partial charge in [-0.2, -0.15) is 0 Å².